The van der Waals surface area contributed by atoms with Gasteiger partial charge in [0, 0.05) is 0 Å². The van der Waals surface area contributed by atoms with Crippen LogP contribution in [0.4, 0.5) is 0 Å². The van der Waals surface area contributed by atoms with Crippen LogP contribution in [0.5, 0.6) is 0 Å². The van der Waals surface area contributed by atoms with Crippen LogP contribution in [0.2, 0.25) is 19.6 Å². The smallest absolute Gasteiger partial charge is 0.308 e. The number of carbonyl (C=O) groups excluding carboxylic acids is 1. The average Bonchev–Trinajstić information content (AvgIpc) is 1.82. The summed E-state index contributed by atoms with van der Waals surface area (Å²) in [4.78, 5) is 10.8. The van der Waals surface area contributed by atoms with E-state index in [1.54, 1.807) is 0 Å². The topological polar surface area (TPSA) is 35.5 Å². The van der Waals surface area contributed by atoms with E-state index in [4.69, 9.17) is 4.43 Å². The Morgan fingerprint density at radius 1 is 1.42 bits per heavy atom. The van der Waals surface area contributed by atoms with Crippen LogP contribution in [0.15, 0.2) is 0 Å². The van der Waals surface area contributed by atoms with Crippen LogP contribution < -0.4 is 0 Å². The normalized spacial score (nSPS) is 14.1. The van der Waals surface area contributed by atoms with E-state index in [2.05, 4.69) is 24.4 Å². The maximum absolute atomic E-state index is 10.8. The maximum Gasteiger partial charge on any atom is 0.308 e. The van der Waals surface area contributed by atoms with Crippen molar-refractivity contribution in [2.75, 3.05) is 7.11 Å². The minimum absolute atomic E-state index is 0.0240. The molecule has 0 saturated heterocycles. The number of rotatable bonds is 4. The second-order valence-electron chi connectivity index (χ2n) is 3.82. The van der Waals surface area contributed by atoms with Gasteiger partial charge in [0.25, 0.3) is 0 Å². The van der Waals surface area contributed by atoms with Gasteiger partial charge in [-0.05, 0) is 26.6 Å². The van der Waals surface area contributed by atoms with Gasteiger partial charge in [0.1, 0.15) is 0 Å². The summed E-state index contributed by atoms with van der Waals surface area (Å²) in [7, 11) is -0.115. The van der Waals surface area contributed by atoms with E-state index >= 15 is 0 Å². The van der Waals surface area contributed by atoms with Crippen LogP contribution in [-0.4, -0.2) is 27.5 Å². The summed E-state index contributed by atoms with van der Waals surface area (Å²) in [6, 6.07) is 0. The van der Waals surface area contributed by atoms with Gasteiger partial charge in [-0.15, -0.1) is 0 Å². The molecule has 0 bridgehead atoms. The molecule has 0 aromatic carbocycles. The zero-order valence-electron chi connectivity index (χ0n) is 8.51. The Morgan fingerprint density at radius 2 is 1.92 bits per heavy atom. The summed E-state index contributed by atoms with van der Waals surface area (Å²) in [6.07, 6.45) is 0.324. The van der Waals surface area contributed by atoms with Gasteiger partial charge < -0.3 is 9.16 Å². The van der Waals surface area contributed by atoms with Crippen LogP contribution >= 0.6 is 0 Å². The number of hydrogen-bond acceptors (Lipinski definition) is 3. The molecule has 0 aliphatic heterocycles. The number of methoxy groups -OCH3 is 1. The quantitative estimate of drug-likeness (QED) is 0.501. The van der Waals surface area contributed by atoms with Crippen LogP contribution in [-0.2, 0) is 14.0 Å². The van der Waals surface area contributed by atoms with Gasteiger partial charge in [-0.25, -0.2) is 0 Å². The molecule has 0 fully saturated rings. The molecule has 0 aromatic rings. The molecular weight excluding hydrogens is 172 g/mol. The monoisotopic (exact) mass is 190 g/mol. The van der Waals surface area contributed by atoms with Gasteiger partial charge in [-0.1, -0.05) is 0 Å². The zero-order chi connectivity index (χ0) is 9.78. The molecule has 72 valence electrons. The Morgan fingerprint density at radius 3 is 2.25 bits per heavy atom. The van der Waals surface area contributed by atoms with Crippen molar-refractivity contribution in [3.05, 3.63) is 0 Å². The second-order valence-corrected chi connectivity index (χ2v) is 8.28. The lowest BCUT2D eigenvalue weighted by Crippen LogP contribution is -2.31. The van der Waals surface area contributed by atoms with Crippen molar-refractivity contribution in [2.45, 2.75) is 39.1 Å². The van der Waals surface area contributed by atoms with Gasteiger partial charge in [0.15, 0.2) is 8.32 Å². The van der Waals surface area contributed by atoms with Gasteiger partial charge in [-0.2, -0.15) is 0 Å². The lowest BCUT2D eigenvalue weighted by molar-refractivity contribution is -0.142. The molecule has 1 unspecified atom stereocenters. The molecule has 12 heavy (non-hydrogen) atoms. The summed E-state index contributed by atoms with van der Waals surface area (Å²) in [5.74, 6) is -0.208. The molecule has 0 heterocycles. The molecule has 0 radical (unpaired) electrons. The predicted molar refractivity (Wildman–Crippen MR) is 50.5 cm³/mol. The molecule has 0 amide bonds. The lowest BCUT2D eigenvalue weighted by atomic mass is 10.3. The van der Waals surface area contributed by atoms with Crippen molar-refractivity contribution >= 4 is 14.3 Å². The van der Waals surface area contributed by atoms with Gasteiger partial charge in [0.05, 0.1) is 19.6 Å². The molecule has 0 rings (SSSR count). The molecule has 0 spiro atoms. The van der Waals surface area contributed by atoms with E-state index in [-0.39, 0.29) is 12.1 Å². The maximum atomic E-state index is 10.8. The second kappa shape index (κ2) is 4.62. The molecule has 0 aliphatic rings. The standard InChI is InChI=1S/C8H18O3Si/c1-7(6-8(9)10-2)11-12(3,4)5/h7H,6H2,1-5H3. The molecule has 1 atom stereocenters. The molecule has 4 heteroatoms. The summed E-state index contributed by atoms with van der Waals surface area (Å²) >= 11 is 0. The fraction of sp³-hybridized carbons (Fsp3) is 0.875. The Kier molecular flexibility index (Phi) is 4.48. The Hall–Kier alpha value is -0.353. The number of esters is 1. The highest BCUT2D eigenvalue weighted by atomic mass is 28.4. The van der Waals surface area contributed by atoms with E-state index in [0.29, 0.717) is 6.42 Å². The van der Waals surface area contributed by atoms with Crippen molar-refractivity contribution < 1.29 is 14.0 Å². The first kappa shape index (κ1) is 11.6. The van der Waals surface area contributed by atoms with Crippen molar-refractivity contribution in [3.8, 4) is 0 Å². The van der Waals surface area contributed by atoms with Gasteiger partial charge in [0.2, 0.25) is 0 Å². The zero-order valence-corrected chi connectivity index (χ0v) is 9.51. The van der Waals surface area contributed by atoms with Crippen LogP contribution in [0, 0.1) is 0 Å². The highest BCUT2D eigenvalue weighted by molar-refractivity contribution is 6.69. The van der Waals surface area contributed by atoms with Crippen molar-refractivity contribution in [3.63, 3.8) is 0 Å². The average molecular weight is 190 g/mol. The minimum atomic E-state index is -1.51. The number of ether oxygens (including phenoxy) is 1. The SMILES string of the molecule is COC(=O)CC(C)O[Si](C)(C)C. The fourth-order valence-corrected chi connectivity index (χ4v) is 2.25. The fourth-order valence-electron chi connectivity index (χ4n) is 0.963. The summed E-state index contributed by atoms with van der Waals surface area (Å²) in [5, 5.41) is 0. The molecule has 0 aromatic heterocycles. The molecule has 0 aliphatic carbocycles. The lowest BCUT2D eigenvalue weighted by Gasteiger charge is -2.22. The van der Waals surface area contributed by atoms with Crippen LogP contribution in [0.1, 0.15) is 13.3 Å². The first-order valence-corrected chi connectivity index (χ1v) is 7.50. The van der Waals surface area contributed by atoms with E-state index in [1.165, 1.54) is 7.11 Å². The van der Waals surface area contributed by atoms with Crippen molar-refractivity contribution in [2.24, 2.45) is 0 Å². The number of hydrogen-bond donors (Lipinski definition) is 0. The van der Waals surface area contributed by atoms with Gasteiger partial charge in [-0.3, -0.25) is 4.79 Å². The van der Waals surface area contributed by atoms with Crippen LogP contribution in [0.25, 0.3) is 0 Å². The van der Waals surface area contributed by atoms with Crippen molar-refractivity contribution in [1.82, 2.24) is 0 Å². The van der Waals surface area contributed by atoms with E-state index in [9.17, 15) is 4.79 Å². The Bertz CT molecular complexity index is 151. The largest absolute Gasteiger partial charge is 0.469 e. The number of carbonyl (C=O) groups is 1. The predicted octanol–water partition coefficient (Wildman–Crippen LogP) is 1.79. The van der Waals surface area contributed by atoms with Crippen molar-refractivity contribution in [1.29, 1.82) is 0 Å². The van der Waals surface area contributed by atoms with E-state index in [1.807, 2.05) is 6.92 Å². The molecule has 0 N–H and O–H groups in total. The molecule has 3 nitrogen and oxygen atoms in total. The minimum Gasteiger partial charge on any atom is -0.469 e. The summed E-state index contributed by atoms with van der Waals surface area (Å²) < 4.78 is 10.2. The summed E-state index contributed by atoms with van der Waals surface area (Å²) in [6.45, 7) is 8.19. The third-order valence-corrected chi connectivity index (χ3v) is 2.35. The summed E-state index contributed by atoms with van der Waals surface area (Å²) in [5.41, 5.74) is 0. The van der Waals surface area contributed by atoms with Crippen LogP contribution in [0.3, 0.4) is 0 Å². The third kappa shape index (κ3) is 6.36. The highest BCUT2D eigenvalue weighted by Gasteiger charge is 2.19. The Labute approximate surface area is 75.2 Å². The third-order valence-electron chi connectivity index (χ3n) is 1.24. The Balaban J connectivity index is 3.74. The molecule has 0 saturated carbocycles. The van der Waals surface area contributed by atoms with Gasteiger partial charge >= 0.3 is 5.97 Å². The van der Waals surface area contributed by atoms with E-state index < -0.39 is 8.32 Å². The first-order valence-electron chi connectivity index (χ1n) is 4.10. The first-order chi connectivity index (χ1) is 5.35. The molecular formula is C8H18O3Si. The highest BCUT2D eigenvalue weighted by Crippen LogP contribution is 2.09. The van der Waals surface area contributed by atoms with E-state index in [0.717, 1.165) is 0 Å².